The number of nitrogens with zero attached hydrogens (tertiary/aromatic N) is 3. The van der Waals surface area contributed by atoms with Crippen LogP contribution in [0.4, 0.5) is 0 Å². The number of hydrogen-bond acceptors (Lipinski definition) is 3. The molecule has 2 aromatic rings. The number of aromatic nitrogens is 4. The van der Waals surface area contributed by atoms with Crippen molar-refractivity contribution in [3.63, 3.8) is 0 Å². The highest BCUT2D eigenvalue weighted by molar-refractivity contribution is 5.53. The number of aromatic amines is 1. The maximum atomic E-state index is 11.2. The summed E-state index contributed by atoms with van der Waals surface area (Å²) in [6.45, 7) is 3.71. The van der Waals surface area contributed by atoms with Gasteiger partial charge in [0.2, 0.25) is 0 Å². The Morgan fingerprint density at radius 1 is 1.27 bits per heavy atom. The molecule has 2 aromatic heterocycles. The Hall–Kier alpha value is -1.91. The van der Waals surface area contributed by atoms with Crippen molar-refractivity contribution in [2.45, 2.75) is 13.8 Å². The lowest BCUT2D eigenvalue weighted by molar-refractivity contribution is 0.741. The fourth-order valence-corrected chi connectivity index (χ4v) is 1.40. The van der Waals surface area contributed by atoms with E-state index in [0.717, 1.165) is 11.4 Å². The normalized spacial score (nSPS) is 10.6. The van der Waals surface area contributed by atoms with Gasteiger partial charge in [0.05, 0.1) is 5.69 Å². The number of aryl methyl sites for hydroxylation is 3. The molecule has 0 aliphatic heterocycles. The molecule has 0 aromatic carbocycles. The molecule has 15 heavy (non-hydrogen) atoms. The summed E-state index contributed by atoms with van der Waals surface area (Å²) in [5, 5.41) is 4.26. The van der Waals surface area contributed by atoms with Crippen molar-refractivity contribution in [1.82, 2.24) is 19.7 Å². The fraction of sp³-hybridized carbons (Fsp3) is 0.300. The van der Waals surface area contributed by atoms with Crippen LogP contribution < -0.4 is 5.56 Å². The van der Waals surface area contributed by atoms with Gasteiger partial charge in [-0.3, -0.25) is 9.48 Å². The number of H-pyrrole nitrogens is 1. The zero-order valence-corrected chi connectivity index (χ0v) is 8.90. The molecule has 0 radical (unpaired) electrons. The molecular formula is C10H12N4O. The fourth-order valence-electron chi connectivity index (χ4n) is 1.40. The summed E-state index contributed by atoms with van der Waals surface area (Å²) in [6, 6.07) is 3.36. The Balaban J connectivity index is 2.58. The highest BCUT2D eigenvalue weighted by Gasteiger charge is 2.06. The largest absolute Gasteiger partial charge is 0.311 e. The lowest BCUT2D eigenvalue weighted by Gasteiger charge is -1.96. The van der Waals surface area contributed by atoms with Gasteiger partial charge in [-0.1, -0.05) is 0 Å². The van der Waals surface area contributed by atoms with E-state index in [1.54, 1.807) is 11.6 Å². The number of hydrogen-bond donors (Lipinski definition) is 1. The maximum absolute atomic E-state index is 11.2. The Morgan fingerprint density at radius 3 is 2.53 bits per heavy atom. The Bertz CT molecular complexity index is 533. The van der Waals surface area contributed by atoms with E-state index >= 15 is 0 Å². The van der Waals surface area contributed by atoms with Gasteiger partial charge in [-0.2, -0.15) is 5.10 Å². The van der Waals surface area contributed by atoms with Crippen LogP contribution in [0.1, 0.15) is 11.5 Å². The second-order valence-corrected chi connectivity index (χ2v) is 3.51. The van der Waals surface area contributed by atoms with Gasteiger partial charge in [0.1, 0.15) is 11.5 Å². The first-order valence-electron chi connectivity index (χ1n) is 4.65. The molecule has 2 heterocycles. The van der Waals surface area contributed by atoms with Crippen LogP contribution in [0.3, 0.4) is 0 Å². The van der Waals surface area contributed by atoms with Gasteiger partial charge in [-0.15, -0.1) is 0 Å². The molecule has 5 heteroatoms. The lowest BCUT2D eigenvalue weighted by atomic mass is 10.3. The minimum absolute atomic E-state index is 0.152. The first-order valence-corrected chi connectivity index (χ1v) is 4.65. The summed E-state index contributed by atoms with van der Waals surface area (Å²) in [7, 11) is 1.86. The van der Waals surface area contributed by atoms with Gasteiger partial charge in [-0.05, 0) is 19.9 Å². The standard InChI is InChI=1S/C10H12N4O/c1-6-4-9(13-14(6)3)8-5-10(15)12-7(2)11-8/h4-5H,1-3H3,(H,11,12,15). The van der Waals surface area contributed by atoms with Gasteiger partial charge in [-0.25, -0.2) is 4.98 Å². The van der Waals surface area contributed by atoms with Crippen molar-refractivity contribution < 1.29 is 0 Å². The van der Waals surface area contributed by atoms with E-state index in [1.165, 1.54) is 6.07 Å². The zero-order valence-electron chi connectivity index (χ0n) is 8.90. The molecule has 0 aliphatic carbocycles. The second kappa shape index (κ2) is 3.34. The third-order valence-corrected chi connectivity index (χ3v) is 2.24. The smallest absolute Gasteiger partial charge is 0.251 e. The molecule has 78 valence electrons. The molecule has 0 atom stereocenters. The quantitative estimate of drug-likeness (QED) is 0.746. The lowest BCUT2D eigenvalue weighted by Crippen LogP contribution is -2.08. The van der Waals surface area contributed by atoms with Gasteiger partial charge >= 0.3 is 0 Å². The minimum atomic E-state index is -0.152. The van der Waals surface area contributed by atoms with Gasteiger partial charge in [0.15, 0.2) is 0 Å². The van der Waals surface area contributed by atoms with E-state index in [1.807, 2.05) is 20.0 Å². The van der Waals surface area contributed by atoms with E-state index < -0.39 is 0 Å². The van der Waals surface area contributed by atoms with Crippen molar-refractivity contribution in [2.75, 3.05) is 0 Å². The first-order chi connectivity index (χ1) is 7.06. The minimum Gasteiger partial charge on any atom is -0.311 e. The van der Waals surface area contributed by atoms with Crippen LogP contribution in [0.5, 0.6) is 0 Å². The molecule has 1 N–H and O–H groups in total. The molecule has 2 rings (SSSR count). The Morgan fingerprint density at radius 2 is 2.00 bits per heavy atom. The Kier molecular flexibility index (Phi) is 2.15. The van der Waals surface area contributed by atoms with Crippen molar-refractivity contribution >= 4 is 0 Å². The molecule has 0 aliphatic rings. The average Bonchev–Trinajstić information content (AvgIpc) is 2.45. The molecular weight excluding hydrogens is 192 g/mol. The maximum Gasteiger partial charge on any atom is 0.251 e. The van der Waals surface area contributed by atoms with Crippen LogP contribution >= 0.6 is 0 Å². The van der Waals surface area contributed by atoms with E-state index in [-0.39, 0.29) is 5.56 Å². The highest BCUT2D eigenvalue weighted by Crippen LogP contribution is 2.13. The predicted octanol–water partition coefficient (Wildman–Crippen LogP) is 0.787. The predicted molar refractivity (Wildman–Crippen MR) is 56.5 cm³/mol. The highest BCUT2D eigenvalue weighted by atomic mass is 16.1. The van der Waals surface area contributed by atoms with Crippen molar-refractivity contribution in [2.24, 2.45) is 7.05 Å². The van der Waals surface area contributed by atoms with E-state index in [4.69, 9.17) is 0 Å². The van der Waals surface area contributed by atoms with Gasteiger partial charge in [0.25, 0.3) is 5.56 Å². The molecule has 0 saturated heterocycles. The third kappa shape index (κ3) is 1.81. The summed E-state index contributed by atoms with van der Waals surface area (Å²) in [6.07, 6.45) is 0. The Labute approximate surface area is 86.8 Å². The van der Waals surface area contributed by atoms with Gasteiger partial charge in [0, 0.05) is 18.8 Å². The summed E-state index contributed by atoms with van der Waals surface area (Å²) in [5.74, 6) is 0.598. The number of rotatable bonds is 1. The molecule has 5 nitrogen and oxygen atoms in total. The molecule has 0 spiro atoms. The van der Waals surface area contributed by atoms with Crippen LogP contribution in [-0.2, 0) is 7.05 Å². The van der Waals surface area contributed by atoms with Crippen LogP contribution in [0.15, 0.2) is 16.9 Å². The molecule has 0 amide bonds. The van der Waals surface area contributed by atoms with Crippen molar-refractivity contribution in [3.8, 4) is 11.4 Å². The number of nitrogens with one attached hydrogen (secondary N) is 1. The molecule has 0 unspecified atom stereocenters. The van der Waals surface area contributed by atoms with Gasteiger partial charge < -0.3 is 4.98 Å². The summed E-state index contributed by atoms with van der Waals surface area (Å²) in [5.41, 5.74) is 2.22. The monoisotopic (exact) mass is 204 g/mol. The van der Waals surface area contributed by atoms with Crippen LogP contribution in [0.2, 0.25) is 0 Å². The summed E-state index contributed by atoms with van der Waals surface area (Å²) >= 11 is 0. The van der Waals surface area contributed by atoms with E-state index in [9.17, 15) is 4.79 Å². The topological polar surface area (TPSA) is 63.6 Å². The second-order valence-electron chi connectivity index (χ2n) is 3.51. The summed E-state index contributed by atoms with van der Waals surface area (Å²) in [4.78, 5) is 18.1. The average molecular weight is 204 g/mol. The zero-order chi connectivity index (χ0) is 11.0. The van der Waals surface area contributed by atoms with E-state index in [0.29, 0.717) is 11.5 Å². The van der Waals surface area contributed by atoms with Crippen LogP contribution in [0, 0.1) is 13.8 Å². The molecule has 0 fully saturated rings. The first kappa shape index (κ1) is 9.64. The van der Waals surface area contributed by atoms with E-state index in [2.05, 4.69) is 15.1 Å². The van der Waals surface area contributed by atoms with Crippen LogP contribution in [-0.4, -0.2) is 19.7 Å². The molecule has 0 bridgehead atoms. The van der Waals surface area contributed by atoms with Crippen molar-refractivity contribution in [1.29, 1.82) is 0 Å². The third-order valence-electron chi connectivity index (χ3n) is 2.24. The van der Waals surface area contributed by atoms with Crippen molar-refractivity contribution in [3.05, 3.63) is 34.0 Å². The SMILES string of the molecule is Cc1nc(-c2cc(C)n(C)n2)cc(=O)[nH]1. The summed E-state index contributed by atoms with van der Waals surface area (Å²) < 4.78 is 1.76. The molecule has 0 saturated carbocycles. The van der Waals surface area contributed by atoms with Crippen LogP contribution in [0.25, 0.3) is 11.4 Å².